The molecule has 1 atom stereocenters. The Labute approximate surface area is 103 Å². The fraction of sp³-hybridized carbons (Fsp3) is 0.545. The Bertz CT molecular complexity index is 499. The van der Waals surface area contributed by atoms with Gasteiger partial charge in [0.15, 0.2) is 0 Å². The normalized spacial score (nSPS) is 18.8. The van der Waals surface area contributed by atoms with Gasteiger partial charge in [-0.15, -0.1) is 0 Å². The number of rotatable bonds is 4. The minimum absolute atomic E-state index is 0.0110. The van der Waals surface area contributed by atoms with Crippen molar-refractivity contribution in [2.45, 2.75) is 25.3 Å². The third-order valence-electron chi connectivity index (χ3n) is 2.95. The predicted molar refractivity (Wildman–Crippen MR) is 65.7 cm³/mol. The van der Waals surface area contributed by atoms with Crippen LogP contribution in [0.3, 0.4) is 0 Å². The molecule has 1 aliphatic rings. The van der Waals surface area contributed by atoms with Crippen molar-refractivity contribution in [1.29, 1.82) is 0 Å². The third kappa shape index (κ3) is 3.30. The van der Waals surface area contributed by atoms with Crippen molar-refractivity contribution >= 4 is 5.91 Å². The summed E-state index contributed by atoms with van der Waals surface area (Å²) in [6.45, 7) is 1.55. The summed E-state index contributed by atoms with van der Waals surface area (Å²) in [5, 5.41) is 6.00. The van der Waals surface area contributed by atoms with Crippen LogP contribution in [0, 0.1) is 0 Å². The molecule has 0 aliphatic carbocycles. The van der Waals surface area contributed by atoms with Crippen LogP contribution in [0.5, 0.6) is 0 Å². The minimum Gasteiger partial charge on any atom is -0.351 e. The van der Waals surface area contributed by atoms with Gasteiger partial charge < -0.3 is 15.6 Å². The van der Waals surface area contributed by atoms with Gasteiger partial charge in [0.25, 0.3) is 11.5 Å². The zero-order chi connectivity index (χ0) is 13.0. The average molecular weight is 252 g/mol. The Hall–Kier alpha value is -1.89. The topological polar surface area (TPSA) is 107 Å². The van der Waals surface area contributed by atoms with Gasteiger partial charge in [-0.2, -0.15) is 0 Å². The highest BCUT2D eigenvalue weighted by molar-refractivity contribution is 5.91. The molecule has 0 spiro atoms. The number of aromatic nitrogens is 2. The van der Waals surface area contributed by atoms with Crippen molar-refractivity contribution in [2.75, 3.05) is 13.1 Å². The summed E-state index contributed by atoms with van der Waals surface area (Å²) < 4.78 is 0. The van der Waals surface area contributed by atoms with E-state index in [0.29, 0.717) is 12.6 Å². The quantitative estimate of drug-likeness (QED) is 0.547. The van der Waals surface area contributed by atoms with Gasteiger partial charge in [0.1, 0.15) is 5.69 Å². The molecule has 0 saturated carbocycles. The number of carbonyl (C=O) groups excluding carboxylic acids is 1. The standard InChI is InChI=1S/C11H16N4O3/c16-9-6-8(14-11(18)15-9)10(17)13-5-3-7-2-1-4-12-7/h6-7,12H,1-5H2,(H,13,17)(H2,14,15,16,18)/t7-/m0/s1. The maximum atomic E-state index is 11.7. The van der Waals surface area contributed by atoms with Crippen molar-refractivity contribution in [2.24, 2.45) is 0 Å². The van der Waals surface area contributed by atoms with Crippen LogP contribution in [-0.4, -0.2) is 35.0 Å². The van der Waals surface area contributed by atoms with E-state index in [4.69, 9.17) is 0 Å². The van der Waals surface area contributed by atoms with E-state index in [-0.39, 0.29) is 5.69 Å². The van der Waals surface area contributed by atoms with Crippen LogP contribution in [0.4, 0.5) is 0 Å². The number of hydrogen-bond acceptors (Lipinski definition) is 4. The average Bonchev–Trinajstić information content (AvgIpc) is 2.80. The fourth-order valence-electron chi connectivity index (χ4n) is 2.05. The summed E-state index contributed by atoms with van der Waals surface area (Å²) in [5.74, 6) is -0.434. The minimum atomic E-state index is -0.676. The molecule has 0 bridgehead atoms. The van der Waals surface area contributed by atoms with Crippen LogP contribution in [0.1, 0.15) is 29.8 Å². The summed E-state index contributed by atoms with van der Waals surface area (Å²) in [6, 6.07) is 1.52. The number of carbonyl (C=O) groups is 1. The molecule has 4 N–H and O–H groups in total. The number of aromatic amines is 2. The molecular weight excluding hydrogens is 236 g/mol. The second-order valence-electron chi connectivity index (χ2n) is 4.34. The highest BCUT2D eigenvalue weighted by Crippen LogP contribution is 2.07. The van der Waals surface area contributed by atoms with Gasteiger partial charge >= 0.3 is 5.69 Å². The van der Waals surface area contributed by atoms with Gasteiger partial charge in [0, 0.05) is 18.7 Å². The molecule has 2 heterocycles. The second kappa shape index (κ2) is 5.63. The smallest absolute Gasteiger partial charge is 0.326 e. The number of nitrogens with one attached hydrogen (secondary N) is 4. The number of amides is 1. The molecule has 0 radical (unpaired) electrons. The van der Waals surface area contributed by atoms with Crippen LogP contribution in [0.15, 0.2) is 15.7 Å². The summed E-state index contributed by atoms with van der Waals surface area (Å²) in [4.78, 5) is 38.0. The lowest BCUT2D eigenvalue weighted by Crippen LogP contribution is -2.33. The summed E-state index contributed by atoms with van der Waals surface area (Å²) in [6.07, 6.45) is 3.14. The largest absolute Gasteiger partial charge is 0.351 e. The highest BCUT2D eigenvalue weighted by Gasteiger charge is 2.14. The van der Waals surface area contributed by atoms with Crippen LogP contribution in [0.25, 0.3) is 0 Å². The van der Waals surface area contributed by atoms with E-state index in [1.54, 1.807) is 0 Å². The summed E-state index contributed by atoms with van der Waals surface area (Å²) >= 11 is 0. The molecule has 98 valence electrons. The molecular formula is C11H16N4O3. The Kier molecular flexibility index (Phi) is 3.93. The first-order valence-corrected chi connectivity index (χ1v) is 6.00. The van der Waals surface area contributed by atoms with Crippen molar-refractivity contribution in [3.05, 3.63) is 32.6 Å². The molecule has 1 saturated heterocycles. The van der Waals surface area contributed by atoms with Gasteiger partial charge in [-0.3, -0.25) is 14.6 Å². The Morgan fingerprint density at radius 1 is 1.39 bits per heavy atom. The molecule has 18 heavy (non-hydrogen) atoms. The van der Waals surface area contributed by atoms with E-state index in [2.05, 4.69) is 15.6 Å². The Morgan fingerprint density at radius 3 is 2.89 bits per heavy atom. The van der Waals surface area contributed by atoms with Crippen molar-refractivity contribution in [3.8, 4) is 0 Å². The van der Waals surface area contributed by atoms with Crippen LogP contribution >= 0.6 is 0 Å². The Morgan fingerprint density at radius 2 is 2.22 bits per heavy atom. The van der Waals surface area contributed by atoms with Crippen molar-refractivity contribution in [1.82, 2.24) is 20.6 Å². The second-order valence-corrected chi connectivity index (χ2v) is 4.34. The van der Waals surface area contributed by atoms with Crippen LogP contribution in [0.2, 0.25) is 0 Å². The van der Waals surface area contributed by atoms with E-state index >= 15 is 0 Å². The zero-order valence-corrected chi connectivity index (χ0v) is 9.91. The predicted octanol–water partition coefficient (Wildman–Crippen LogP) is -1.06. The SMILES string of the molecule is O=C(NCC[C@@H]1CCCN1)c1cc(=O)[nH]c(=O)[nH]1. The lowest BCUT2D eigenvalue weighted by Gasteiger charge is -2.10. The van der Waals surface area contributed by atoms with E-state index < -0.39 is 17.2 Å². The molecule has 1 fully saturated rings. The molecule has 7 nitrogen and oxygen atoms in total. The third-order valence-corrected chi connectivity index (χ3v) is 2.95. The van der Waals surface area contributed by atoms with Crippen LogP contribution < -0.4 is 21.9 Å². The maximum absolute atomic E-state index is 11.7. The molecule has 7 heteroatoms. The van der Waals surface area contributed by atoms with Gasteiger partial charge in [-0.05, 0) is 25.8 Å². The molecule has 0 aromatic carbocycles. The molecule has 1 aliphatic heterocycles. The molecule has 1 aromatic rings. The monoisotopic (exact) mass is 252 g/mol. The lowest BCUT2D eigenvalue weighted by molar-refractivity contribution is 0.0946. The molecule has 1 aromatic heterocycles. The van der Waals surface area contributed by atoms with E-state index in [9.17, 15) is 14.4 Å². The van der Waals surface area contributed by atoms with Gasteiger partial charge in [0.2, 0.25) is 0 Å². The first-order chi connectivity index (χ1) is 8.65. The fourth-order valence-corrected chi connectivity index (χ4v) is 2.05. The van der Waals surface area contributed by atoms with Crippen molar-refractivity contribution in [3.63, 3.8) is 0 Å². The van der Waals surface area contributed by atoms with Crippen LogP contribution in [-0.2, 0) is 0 Å². The highest BCUT2D eigenvalue weighted by atomic mass is 16.2. The lowest BCUT2D eigenvalue weighted by atomic mass is 10.1. The maximum Gasteiger partial charge on any atom is 0.326 e. The van der Waals surface area contributed by atoms with Gasteiger partial charge in [0.05, 0.1) is 0 Å². The van der Waals surface area contributed by atoms with Crippen molar-refractivity contribution < 1.29 is 4.79 Å². The van der Waals surface area contributed by atoms with E-state index in [0.717, 1.165) is 25.5 Å². The first-order valence-electron chi connectivity index (χ1n) is 6.00. The first kappa shape index (κ1) is 12.6. The van der Waals surface area contributed by atoms with Gasteiger partial charge in [-0.25, -0.2) is 4.79 Å². The summed E-state index contributed by atoms with van der Waals surface area (Å²) in [7, 11) is 0. The molecule has 1 amide bonds. The number of H-pyrrole nitrogens is 2. The summed E-state index contributed by atoms with van der Waals surface area (Å²) in [5.41, 5.74) is -1.27. The van der Waals surface area contributed by atoms with E-state index in [1.807, 2.05) is 4.98 Å². The zero-order valence-electron chi connectivity index (χ0n) is 9.91. The molecule has 2 rings (SSSR count). The van der Waals surface area contributed by atoms with Gasteiger partial charge in [-0.1, -0.05) is 0 Å². The molecule has 0 unspecified atom stereocenters. The number of hydrogen-bond donors (Lipinski definition) is 4. The van der Waals surface area contributed by atoms with E-state index in [1.165, 1.54) is 6.42 Å². The Balaban J connectivity index is 1.87.